The van der Waals surface area contributed by atoms with Crippen molar-refractivity contribution in [1.29, 1.82) is 0 Å². The number of nitrogens with one attached hydrogen (secondary N) is 1. The number of nitrogen functional groups attached to an aromatic ring is 1. The molecule has 7 nitrogen and oxygen atoms in total. The lowest BCUT2D eigenvalue weighted by Crippen LogP contribution is -2.43. The molecule has 0 bridgehead atoms. The fourth-order valence-electron chi connectivity index (χ4n) is 1.77. The van der Waals surface area contributed by atoms with Crippen molar-refractivity contribution in [3.05, 3.63) is 23.8 Å². The van der Waals surface area contributed by atoms with E-state index in [0.29, 0.717) is 18.7 Å². The van der Waals surface area contributed by atoms with E-state index in [0.717, 1.165) is 12.8 Å². The Balaban J connectivity index is 2.66. The predicted octanol–water partition coefficient (Wildman–Crippen LogP) is -0.00990. The first-order valence-electron chi connectivity index (χ1n) is 6.74. The van der Waals surface area contributed by atoms with Gasteiger partial charge in [0.05, 0.1) is 18.7 Å². The van der Waals surface area contributed by atoms with Gasteiger partial charge >= 0.3 is 0 Å². The Morgan fingerprint density at radius 2 is 2.05 bits per heavy atom. The molecule has 1 aromatic rings. The van der Waals surface area contributed by atoms with Crippen molar-refractivity contribution in [2.75, 3.05) is 19.4 Å². The van der Waals surface area contributed by atoms with Crippen LogP contribution in [0.1, 0.15) is 29.6 Å². The molecule has 21 heavy (non-hydrogen) atoms. The number of ether oxygens (including phenoxy) is 1. The molecule has 1 aromatic carbocycles. The molecule has 0 aliphatic rings. The molecule has 0 aliphatic heterocycles. The Labute approximate surface area is 123 Å². The Morgan fingerprint density at radius 3 is 2.67 bits per heavy atom. The standard InChI is InChI=1S/C14H22N4O3/c1-21-9-5-6-11(16)10(8-9)13(19)18-14(20)12(17)4-2-3-7-15/h5-6,8,12H,2-4,7,15-17H2,1H3,(H,18,19,20)/t12-/m0/s1. The fraction of sp³-hybridized carbons (Fsp3) is 0.429. The van der Waals surface area contributed by atoms with E-state index in [1.54, 1.807) is 12.1 Å². The molecule has 116 valence electrons. The van der Waals surface area contributed by atoms with Gasteiger partial charge in [0.2, 0.25) is 5.91 Å². The summed E-state index contributed by atoms with van der Waals surface area (Å²) in [6.07, 6.45) is 2.00. The minimum absolute atomic E-state index is 0.178. The van der Waals surface area contributed by atoms with E-state index in [9.17, 15) is 9.59 Å². The summed E-state index contributed by atoms with van der Waals surface area (Å²) in [6.45, 7) is 0.549. The number of rotatable bonds is 7. The molecule has 0 aliphatic carbocycles. The molecule has 2 amide bonds. The summed E-state index contributed by atoms with van der Waals surface area (Å²) in [5.41, 5.74) is 17.2. The van der Waals surface area contributed by atoms with Gasteiger partial charge in [0.1, 0.15) is 5.75 Å². The van der Waals surface area contributed by atoms with Gasteiger partial charge in [0, 0.05) is 5.69 Å². The van der Waals surface area contributed by atoms with Gasteiger partial charge in [0.25, 0.3) is 5.91 Å². The maximum Gasteiger partial charge on any atom is 0.260 e. The zero-order chi connectivity index (χ0) is 15.8. The van der Waals surface area contributed by atoms with Gasteiger partial charge in [-0.05, 0) is 37.6 Å². The number of imide groups is 1. The highest BCUT2D eigenvalue weighted by Gasteiger charge is 2.18. The number of hydrogen-bond donors (Lipinski definition) is 4. The van der Waals surface area contributed by atoms with Crippen LogP contribution in [0.5, 0.6) is 5.75 Å². The van der Waals surface area contributed by atoms with Crippen molar-refractivity contribution in [3.8, 4) is 5.75 Å². The van der Waals surface area contributed by atoms with Gasteiger partial charge in [-0.25, -0.2) is 0 Å². The van der Waals surface area contributed by atoms with Crippen molar-refractivity contribution < 1.29 is 14.3 Å². The molecule has 1 rings (SSSR count). The van der Waals surface area contributed by atoms with Gasteiger partial charge in [-0.2, -0.15) is 0 Å². The minimum atomic E-state index is -0.743. The molecule has 0 saturated heterocycles. The third-order valence-corrected chi connectivity index (χ3v) is 3.05. The normalized spacial score (nSPS) is 11.8. The molecule has 1 atom stereocenters. The van der Waals surface area contributed by atoms with Crippen LogP contribution in [0.4, 0.5) is 5.69 Å². The third kappa shape index (κ3) is 5.05. The lowest BCUT2D eigenvalue weighted by Gasteiger charge is -2.12. The van der Waals surface area contributed by atoms with Crippen LogP contribution >= 0.6 is 0 Å². The van der Waals surface area contributed by atoms with Gasteiger partial charge in [-0.1, -0.05) is 6.42 Å². The summed E-state index contributed by atoms with van der Waals surface area (Å²) in [7, 11) is 1.48. The lowest BCUT2D eigenvalue weighted by molar-refractivity contribution is -0.121. The van der Waals surface area contributed by atoms with E-state index in [4.69, 9.17) is 21.9 Å². The summed E-state index contributed by atoms with van der Waals surface area (Å²) in [5.74, 6) is -0.640. The Hall–Kier alpha value is -2.12. The topological polar surface area (TPSA) is 133 Å². The fourth-order valence-corrected chi connectivity index (χ4v) is 1.77. The molecular weight excluding hydrogens is 272 g/mol. The molecule has 0 aromatic heterocycles. The van der Waals surface area contributed by atoms with E-state index in [-0.39, 0.29) is 11.3 Å². The number of carbonyl (C=O) groups excluding carboxylic acids is 2. The number of nitrogens with two attached hydrogens (primary N) is 3. The summed E-state index contributed by atoms with van der Waals surface area (Å²) < 4.78 is 5.02. The van der Waals surface area contributed by atoms with Crippen LogP contribution in [-0.4, -0.2) is 31.5 Å². The van der Waals surface area contributed by atoms with Crippen molar-refractivity contribution in [1.82, 2.24) is 5.32 Å². The summed E-state index contributed by atoms with van der Waals surface area (Å²) in [5, 5.41) is 2.25. The largest absolute Gasteiger partial charge is 0.497 e. The molecule has 0 saturated carbocycles. The number of unbranched alkanes of at least 4 members (excludes halogenated alkanes) is 1. The SMILES string of the molecule is COc1ccc(N)c(C(=O)NC(=O)[C@@H](N)CCCCN)c1. The van der Waals surface area contributed by atoms with E-state index in [1.165, 1.54) is 13.2 Å². The first kappa shape index (κ1) is 16.9. The second kappa shape index (κ2) is 8.23. The maximum atomic E-state index is 12.0. The van der Waals surface area contributed by atoms with Crippen molar-refractivity contribution in [2.45, 2.75) is 25.3 Å². The summed E-state index contributed by atoms with van der Waals surface area (Å²) in [6, 6.07) is 3.90. The average molecular weight is 294 g/mol. The molecule has 0 spiro atoms. The molecule has 0 fully saturated rings. The molecule has 0 radical (unpaired) electrons. The van der Waals surface area contributed by atoms with Crippen molar-refractivity contribution in [2.24, 2.45) is 11.5 Å². The highest BCUT2D eigenvalue weighted by Crippen LogP contribution is 2.19. The number of hydrogen-bond acceptors (Lipinski definition) is 6. The zero-order valence-corrected chi connectivity index (χ0v) is 12.1. The zero-order valence-electron chi connectivity index (χ0n) is 12.1. The van der Waals surface area contributed by atoms with Crippen LogP contribution < -0.4 is 27.3 Å². The van der Waals surface area contributed by atoms with Crippen molar-refractivity contribution >= 4 is 17.5 Å². The molecule has 7 heteroatoms. The second-order valence-corrected chi connectivity index (χ2v) is 4.66. The molecule has 7 N–H and O–H groups in total. The lowest BCUT2D eigenvalue weighted by atomic mass is 10.1. The summed E-state index contributed by atoms with van der Waals surface area (Å²) in [4.78, 5) is 23.9. The number of amides is 2. The van der Waals surface area contributed by atoms with E-state index < -0.39 is 17.9 Å². The highest BCUT2D eigenvalue weighted by molar-refractivity contribution is 6.08. The quantitative estimate of drug-likeness (QED) is 0.413. The molecular formula is C14H22N4O3. The van der Waals surface area contributed by atoms with E-state index in [2.05, 4.69) is 5.32 Å². The Bertz CT molecular complexity index is 505. The van der Waals surface area contributed by atoms with Crippen LogP contribution in [0.15, 0.2) is 18.2 Å². The Kier molecular flexibility index (Phi) is 6.64. The Morgan fingerprint density at radius 1 is 1.33 bits per heavy atom. The molecule has 0 unspecified atom stereocenters. The second-order valence-electron chi connectivity index (χ2n) is 4.66. The highest BCUT2D eigenvalue weighted by atomic mass is 16.5. The van der Waals surface area contributed by atoms with Crippen LogP contribution in [-0.2, 0) is 4.79 Å². The van der Waals surface area contributed by atoms with Crippen LogP contribution in [0.25, 0.3) is 0 Å². The number of carbonyl (C=O) groups is 2. The number of methoxy groups -OCH3 is 1. The first-order chi connectivity index (χ1) is 9.99. The number of benzene rings is 1. The van der Waals surface area contributed by atoms with Crippen LogP contribution in [0.3, 0.4) is 0 Å². The van der Waals surface area contributed by atoms with E-state index >= 15 is 0 Å². The van der Waals surface area contributed by atoms with E-state index in [1.807, 2.05) is 0 Å². The van der Waals surface area contributed by atoms with Crippen molar-refractivity contribution in [3.63, 3.8) is 0 Å². The smallest absolute Gasteiger partial charge is 0.260 e. The minimum Gasteiger partial charge on any atom is -0.497 e. The average Bonchev–Trinajstić information content (AvgIpc) is 2.47. The predicted molar refractivity (Wildman–Crippen MR) is 80.8 cm³/mol. The third-order valence-electron chi connectivity index (χ3n) is 3.05. The maximum absolute atomic E-state index is 12.0. The molecule has 0 heterocycles. The number of anilines is 1. The van der Waals surface area contributed by atoms with Gasteiger partial charge in [0.15, 0.2) is 0 Å². The van der Waals surface area contributed by atoms with Gasteiger partial charge < -0.3 is 21.9 Å². The van der Waals surface area contributed by atoms with Gasteiger partial charge in [-0.15, -0.1) is 0 Å². The van der Waals surface area contributed by atoms with Crippen LogP contribution in [0, 0.1) is 0 Å². The summed E-state index contributed by atoms with van der Waals surface area (Å²) >= 11 is 0. The van der Waals surface area contributed by atoms with Crippen LogP contribution in [0.2, 0.25) is 0 Å². The van der Waals surface area contributed by atoms with Gasteiger partial charge in [-0.3, -0.25) is 14.9 Å². The first-order valence-corrected chi connectivity index (χ1v) is 6.74. The monoisotopic (exact) mass is 294 g/mol.